The largest absolute Gasteiger partial charge is 0.480 e. The van der Waals surface area contributed by atoms with Crippen molar-refractivity contribution in [3.8, 4) is 0 Å². The van der Waals surface area contributed by atoms with E-state index in [4.69, 9.17) is 0 Å². The van der Waals surface area contributed by atoms with Crippen molar-refractivity contribution in [1.82, 2.24) is 19.7 Å². The Hall–Kier alpha value is -2.70. The van der Waals surface area contributed by atoms with Gasteiger partial charge in [0.25, 0.3) is 0 Å². The van der Waals surface area contributed by atoms with Gasteiger partial charge in [0.05, 0.1) is 13.1 Å². The van der Waals surface area contributed by atoms with E-state index in [1.54, 1.807) is 11.5 Å². The van der Waals surface area contributed by atoms with E-state index in [2.05, 4.69) is 24.0 Å². The lowest BCUT2D eigenvalue weighted by molar-refractivity contribution is -0.153. The first-order valence-electron chi connectivity index (χ1n) is 8.84. The molecule has 3 rings (SSSR count). The lowest BCUT2D eigenvalue weighted by Crippen LogP contribution is -2.51. The molecule has 0 spiro atoms. The fourth-order valence-electron chi connectivity index (χ4n) is 3.53. The number of amides is 1. The van der Waals surface area contributed by atoms with Crippen LogP contribution >= 0.6 is 0 Å². The number of hydrogen-bond donors (Lipinski definition) is 1. The van der Waals surface area contributed by atoms with Crippen LogP contribution in [0.5, 0.6) is 0 Å². The van der Waals surface area contributed by atoms with Crippen molar-refractivity contribution in [2.24, 2.45) is 5.92 Å². The van der Waals surface area contributed by atoms with Crippen LogP contribution in [0.1, 0.15) is 43.4 Å². The molecule has 2 aromatic rings. The Bertz CT molecular complexity index is 800. The number of aliphatic carboxylic acids is 1. The number of carboxylic acids is 1. The quantitative estimate of drug-likeness (QED) is 0.887. The molecule has 2 atom stereocenters. The molecule has 0 saturated heterocycles. The Morgan fingerprint density at radius 1 is 1.23 bits per heavy atom. The van der Waals surface area contributed by atoms with Gasteiger partial charge in [-0.1, -0.05) is 44.2 Å². The summed E-state index contributed by atoms with van der Waals surface area (Å²) < 4.78 is 1.78. The summed E-state index contributed by atoms with van der Waals surface area (Å²) in [5.74, 6) is 0.446. The Morgan fingerprint density at radius 2 is 1.92 bits per heavy atom. The molecule has 7 nitrogen and oxygen atoms in total. The first-order valence-corrected chi connectivity index (χ1v) is 8.84. The smallest absolute Gasteiger partial charge is 0.328 e. The van der Waals surface area contributed by atoms with Gasteiger partial charge < -0.3 is 14.6 Å². The standard InChI is InChI=1S/C19H24N4O3/c1-12(2)15(14-7-5-4-6-8-14)9-18(24)23-11-17-21-20-13(3)22(17)10-16(23)19(25)26/h4-8,12,15-16H,9-11H2,1-3H3,(H,25,26). The Kier molecular flexibility index (Phi) is 5.06. The maximum Gasteiger partial charge on any atom is 0.328 e. The zero-order valence-electron chi connectivity index (χ0n) is 15.3. The van der Waals surface area contributed by atoms with Crippen LogP contribution in [0.2, 0.25) is 0 Å². The van der Waals surface area contributed by atoms with Crippen molar-refractivity contribution in [2.75, 3.05) is 0 Å². The van der Waals surface area contributed by atoms with Crippen molar-refractivity contribution in [1.29, 1.82) is 0 Å². The molecule has 0 radical (unpaired) electrons. The summed E-state index contributed by atoms with van der Waals surface area (Å²) in [5, 5.41) is 17.7. The SMILES string of the molecule is Cc1nnc2n1CC(C(=O)O)N(C(=O)CC(c1ccccc1)C(C)C)C2. The summed E-state index contributed by atoms with van der Waals surface area (Å²) in [6.45, 7) is 6.31. The molecule has 2 heterocycles. The highest BCUT2D eigenvalue weighted by atomic mass is 16.4. The van der Waals surface area contributed by atoms with Crippen LogP contribution in [-0.2, 0) is 22.7 Å². The summed E-state index contributed by atoms with van der Waals surface area (Å²) in [6.07, 6.45) is 0.276. The summed E-state index contributed by atoms with van der Waals surface area (Å²) in [5.41, 5.74) is 1.10. The molecular weight excluding hydrogens is 332 g/mol. The predicted octanol–water partition coefficient (Wildman–Crippen LogP) is 2.21. The molecule has 1 amide bonds. The van der Waals surface area contributed by atoms with E-state index < -0.39 is 12.0 Å². The van der Waals surface area contributed by atoms with Gasteiger partial charge in [-0.25, -0.2) is 4.79 Å². The lowest BCUT2D eigenvalue weighted by atomic mass is 9.85. The van der Waals surface area contributed by atoms with Crippen LogP contribution in [0.15, 0.2) is 30.3 Å². The highest BCUT2D eigenvalue weighted by molar-refractivity contribution is 5.84. The number of hydrogen-bond acceptors (Lipinski definition) is 4. The zero-order chi connectivity index (χ0) is 18.8. The van der Waals surface area contributed by atoms with E-state index in [-0.39, 0.29) is 37.3 Å². The van der Waals surface area contributed by atoms with E-state index in [0.717, 1.165) is 5.56 Å². The number of aromatic nitrogens is 3. The number of rotatable bonds is 5. The number of carboxylic acid groups (broad SMARTS) is 1. The van der Waals surface area contributed by atoms with E-state index >= 15 is 0 Å². The molecule has 0 fully saturated rings. The number of carbonyl (C=O) groups excluding carboxylic acids is 1. The van der Waals surface area contributed by atoms with Gasteiger partial charge in [-0.3, -0.25) is 4.79 Å². The van der Waals surface area contributed by atoms with Gasteiger partial charge in [-0.15, -0.1) is 10.2 Å². The highest BCUT2D eigenvalue weighted by Crippen LogP contribution is 2.30. The molecule has 0 aliphatic carbocycles. The number of carbonyl (C=O) groups is 2. The normalized spacial score (nSPS) is 17.8. The van der Waals surface area contributed by atoms with Gasteiger partial charge in [-0.2, -0.15) is 0 Å². The fourth-order valence-corrected chi connectivity index (χ4v) is 3.53. The second-order valence-corrected chi connectivity index (χ2v) is 7.12. The third-order valence-corrected chi connectivity index (χ3v) is 5.09. The van der Waals surface area contributed by atoms with Crippen LogP contribution in [0.3, 0.4) is 0 Å². The summed E-state index contributed by atoms with van der Waals surface area (Å²) in [4.78, 5) is 26.2. The van der Waals surface area contributed by atoms with Crippen LogP contribution < -0.4 is 0 Å². The first kappa shape index (κ1) is 18.1. The molecule has 0 bridgehead atoms. The van der Waals surface area contributed by atoms with E-state index in [1.165, 1.54) is 4.90 Å². The van der Waals surface area contributed by atoms with Gasteiger partial charge >= 0.3 is 5.97 Å². The number of benzene rings is 1. The summed E-state index contributed by atoms with van der Waals surface area (Å²) in [7, 11) is 0. The maximum atomic E-state index is 13.0. The third kappa shape index (κ3) is 3.47. The molecule has 7 heteroatoms. The van der Waals surface area contributed by atoms with Gasteiger partial charge in [0.2, 0.25) is 5.91 Å². The Labute approximate surface area is 152 Å². The molecule has 1 aliphatic heterocycles. The minimum absolute atomic E-state index is 0.0414. The number of fused-ring (bicyclic) bond motifs is 1. The maximum absolute atomic E-state index is 13.0. The minimum atomic E-state index is -1.00. The molecule has 1 aromatic carbocycles. The van der Waals surface area contributed by atoms with Crippen LogP contribution in [0.4, 0.5) is 0 Å². The molecular formula is C19H24N4O3. The number of aryl methyl sites for hydroxylation is 1. The molecule has 1 aliphatic rings. The van der Waals surface area contributed by atoms with Crippen LogP contribution in [0, 0.1) is 12.8 Å². The van der Waals surface area contributed by atoms with Gasteiger partial charge in [0, 0.05) is 6.42 Å². The highest BCUT2D eigenvalue weighted by Gasteiger charge is 2.37. The average molecular weight is 356 g/mol. The third-order valence-electron chi connectivity index (χ3n) is 5.09. The number of nitrogens with zero attached hydrogens (tertiary/aromatic N) is 4. The molecule has 26 heavy (non-hydrogen) atoms. The second kappa shape index (κ2) is 7.27. The second-order valence-electron chi connectivity index (χ2n) is 7.12. The molecule has 1 aromatic heterocycles. The molecule has 138 valence electrons. The lowest BCUT2D eigenvalue weighted by Gasteiger charge is -2.35. The molecule has 0 saturated carbocycles. The Morgan fingerprint density at radius 3 is 2.54 bits per heavy atom. The molecule has 1 N–H and O–H groups in total. The monoisotopic (exact) mass is 356 g/mol. The van der Waals surface area contributed by atoms with E-state index in [9.17, 15) is 14.7 Å². The summed E-state index contributed by atoms with van der Waals surface area (Å²) in [6, 6.07) is 9.01. The van der Waals surface area contributed by atoms with Gasteiger partial charge in [0.1, 0.15) is 11.9 Å². The fraction of sp³-hybridized carbons (Fsp3) is 0.474. The first-order chi connectivity index (χ1) is 12.4. The van der Waals surface area contributed by atoms with Crippen molar-refractivity contribution in [3.63, 3.8) is 0 Å². The summed E-state index contributed by atoms with van der Waals surface area (Å²) >= 11 is 0. The van der Waals surface area contributed by atoms with Gasteiger partial charge in [0.15, 0.2) is 5.82 Å². The van der Waals surface area contributed by atoms with Crippen molar-refractivity contribution in [2.45, 2.75) is 52.2 Å². The van der Waals surface area contributed by atoms with Gasteiger partial charge in [-0.05, 0) is 24.3 Å². The van der Waals surface area contributed by atoms with Crippen molar-refractivity contribution < 1.29 is 14.7 Å². The average Bonchev–Trinajstić information content (AvgIpc) is 2.99. The Balaban J connectivity index is 1.84. The van der Waals surface area contributed by atoms with Crippen LogP contribution in [-0.4, -0.2) is 42.7 Å². The van der Waals surface area contributed by atoms with E-state index in [0.29, 0.717) is 11.6 Å². The van der Waals surface area contributed by atoms with Crippen LogP contribution in [0.25, 0.3) is 0 Å². The predicted molar refractivity (Wildman–Crippen MR) is 95.4 cm³/mol. The zero-order valence-corrected chi connectivity index (χ0v) is 15.3. The van der Waals surface area contributed by atoms with Crippen molar-refractivity contribution in [3.05, 3.63) is 47.5 Å². The van der Waals surface area contributed by atoms with E-state index in [1.807, 2.05) is 30.3 Å². The molecule has 2 unspecified atom stereocenters. The topological polar surface area (TPSA) is 88.3 Å². The van der Waals surface area contributed by atoms with Crippen molar-refractivity contribution >= 4 is 11.9 Å². The minimum Gasteiger partial charge on any atom is -0.480 e.